The summed E-state index contributed by atoms with van der Waals surface area (Å²) in [4.78, 5) is 19.1. The summed E-state index contributed by atoms with van der Waals surface area (Å²) in [5.41, 5.74) is 3.00. The molecule has 6 heteroatoms. The first kappa shape index (κ1) is 16.5. The van der Waals surface area contributed by atoms with Crippen molar-refractivity contribution >= 4 is 11.7 Å². The minimum atomic E-state index is -0.130. The molecule has 1 N–H and O–H groups in total. The second-order valence-electron chi connectivity index (χ2n) is 6.43. The van der Waals surface area contributed by atoms with Crippen molar-refractivity contribution < 1.29 is 9.32 Å². The fraction of sp³-hybridized carbons (Fsp3) is 0.500. The van der Waals surface area contributed by atoms with Gasteiger partial charge in [0.2, 0.25) is 5.89 Å². The lowest BCUT2D eigenvalue weighted by molar-refractivity contribution is 0.184. The first-order valence-electron chi connectivity index (χ1n) is 8.50. The maximum atomic E-state index is 12.9. The molecule has 1 aliphatic heterocycles. The zero-order valence-corrected chi connectivity index (χ0v) is 14.5. The summed E-state index contributed by atoms with van der Waals surface area (Å²) in [6, 6.07) is 5.78. The van der Waals surface area contributed by atoms with E-state index in [1.807, 2.05) is 36.9 Å². The number of nitrogens with zero attached hydrogens (tertiary/aromatic N) is 3. The van der Waals surface area contributed by atoms with Crippen LogP contribution in [-0.2, 0) is 0 Å². The fourth-order valence-electron chi connectivity index (χ4n) is 3.26. The summed E-state index contributed by atoms with van der Waals surface area (Å²) in [6.07, 6.45) is 4.03. The third-order valence-corrected chi connectivity index (χ3v) is 4.57. The number of hydrogen-bond acceptors (Lipinski definition) is 4. The Morgan fingerprint density at radius 2 is 1.96 bits per heavy atom. The van der Waals surface area contributed by atoms with E-state index in [2.05, 4.69) is 15.5 Å². The number of urea groups is 1. The van der Waals surface area contributed by atoms with Crippen molar-refractivity contribution in [1.82, 2.24) is 15.0 Å². The fourth-order valence-corrected chi connectivity index (χ4v) is 3.26. The van der Waals surface area contributed by atoms with Crippen molar-refractivity contribution in [3.63, 3.8) is 0 Å². The molecule has 24 heavy (non-hydrogen) atoms. The molecule has 0 bridgehead atoms. The summed E-state index contributed by atoms with van der Waals surface area (Å²) >= 11 is 0. The second-order valence-corrected chi connectivity index (χ2v) is 6.43. The van der Waals surface area contributed by atoms with Crippen LogP contribution in [0.25, 0.3) is 0 Å². The zero-order valence-electron chi connectivity index (χ0n) is 14.5. The van der Waals surface area contributed by atoms with Gasteiger partial charge in [-0.25, -0.2) is 4.79 Å². The van der Waals surface area contributed by atoms with Crippen LogP contribution in [0.4, 0.5) is 10.5 Å². The molecule has 0 spiro atoms. The molecule has 3 rings (SSSR count). The Labute approximate surface area is 142 Å². The Hall–Kier alpha value is -2.37. The number of aryl methyl sites for hydroxylation is 3. The summed E-state index contributed by atoms with van der Waals surface area (Å²) in [5, 5.41) is 7.13. The van der Waals surface area contributed by atoms with Crippen LogP contribution in [0.3, 0.4) is 0 Å². The molecular weight excluding hydrogens is 304 g/mol. The van der Waals surface area contributed by atoms with Crippen LogP contribution in [0.15, 0.2) is 22.7 Å². The average Bonchev–Trinajstić information content (AvgIpc) is 2.83. The lowest BCUT2D eigenvalue weighted by Gasteiger charge is -2.28. The van der Waals surface area contributed by atoms with Gasteiger partial charge in [0.25, 0.3) is 0 Å². The minimum Gasteiger partial charge on any atom is -0.340 e. The predicted molar refractivity (Wildman–Crippen MR) is 91.9 cm³/mol. The third kappa shape index (κ3) is 3.42. The minimum absolute atomic E-state index is 0.0956. The Kier molecular flexibility index (Phi) is 4.83. The number of anilines is 1. The molecular formula is C18H24N4O2. The molecule has 1 aromatic carbocycles. The van der Waals surface area contributed by atoms with Crippen molar-refractivity contribution in [3.8, 4) is 0 Å². The molecule has 1 fully saturated rings. The number of nitrogens with one attached hydrogen (secondary N) is 1. The van der Waals surface area contributed by atoms with Crippen molar-refractivity contribution in [1.29, 1.82) is 0 Å². The highest BCUT2D eigenvalue weighted by molar-refractivity contribution is 5.91. The zero-order chi connectivity index (χ0) is 17.1. The van der Waals surface area contributed by atoms with Gasteiger partial charge in [-0.2, -0.15) is 4.98 Å². The van der Waals surface area contributed by atoms with E-state index >= 15 is 0 Å². The highest BCUT2D eigenvalue weighted by Gasteiger charge is 2.30. The maximum Gasteiger partial charge on any atom is 0.322 e. The van der Waals surface area contributed by atoms with E-state index in [9.17, 15) is 4.79 Å². The molecule has 0 unspecified atom stereocenters. The summed E-state index contributed by atoms with van der Waals surface area (Å²) in [7, 11) is 0. The second kappa shape index (κ2) is 7.03. The van der Waals surface area contributed by atoms with Crippen LogP contribution in [0.5, 0.6) is 0 Å². The smallest absolute Gasteiger partial charge is 0.322 e. The molecule has 2 aromatic rings. The number of carbonyl (C=O) groups is 1. The Bertz CT molecular complexity index is 705. The average molecular weight is 328 g/mol. The van der Waals surface area contributed by atoms with Gasteiger partial charge in [0.15, 0.2) is 5.82 Å². The van der Waals surface area contributed by atoms with E-state index in [0.29, 0.717) is 18.3 Å². The van der Waals surface area contributed by atoms with Gasteiger partial charge in [-0.1, -0.05) is 36.2 Å². The monoisotopic (exact) mass is 328 g/mol. The maximum absolute atomic E-state index is 12.9. The molecule has 2 heterocycles. The number of aromatic nitrogens is 2. The van der Waals surface area contributed by atoms with Crippen LogP contribution in [-0.4, -0.2) is 27.6 Å². The predicted octanol–water partition coefficient (Wildman–Crippen LogP) is 4.14. The number of rotatable bonds is 2. The number of hydrogen-bond donors (Lipinski definition) is 1. The summed E-state index contributed by atoms with van der Waals surface area (Å²) < 4.78 is 5.12. The molecule has 1 atom stereocenters. The van der Waals surface area contributed by atoms with Gasteiger partial charge in [-0.15, -0.1) is 0 Å². The van der Waals surface area contributed by atoms with Gasteiger partial charge in [0.05, 0.1) is 6.04 Å². The number of para-hydroxylation sites is 1. The molecule has 128 valence electrons. The Balaban J connectivity index is 1.84. The molecule has 6 nitrogen and oxygen atoms in total. The first-order chi connectivity index (χ1) is 11.6. The summed E-state index contributed by atoms with van der Waals surface area (Å²) in [5.74, 6) is 1.13. The van der Waals surface area contributed by atoms with E-state index in [1.165, 1.54) is 0 Å². The Morgan fingerprint density at radius 3 is 2.62 bits per heavy atom. The molecule has 0 aliphatic carbocycles. The van der Waals surface area contributed by atoms with Crippen molar-refractivity contribution in [2.75, 3.05) is 11.9 Å². The number of likely N-dealkylation sites (tertiary alicyclic amines) is 1. The third-order valence-electron chi connectivity index (χ3n) is 4.57. The van der Waals surface area contributed by atoms with Gasteiger partial charge in [0.1, 0.15) is 0 Å². The van der Waals surface area contributed by atoms with Crippen LogP contribution < -0.4 is 5.32 Å². The van der Waals surface area contributed by atoms with Crippen molar-refractivity contribution in [3.05, 3.63) is 41.0 Å². The number of carbonyl (C=O) groups excluding carboxylic acids is 1. The molecule has 0 saturated carbocycles. The van der Waals surface area contributed by atoms with Crippen LogP contribution in [0.2, 0.25) is 0 Å². The van der Waals surface area contributed by atoms with E-state index in [-0.39, 0.29) is 12.1 Å². The first-order valence-corrected chi connectivity index (χ1v) is 8.50. The van der Waals surface area contributed by atoms with Gasteiger partial charge in [0, 0.05) is 19.2 Å². The molecule has 1 aromatic heterocycles. The van der Waals surface area contributed by atoms with Crippen LogP contribution in [0, 0.1) is 20.8 Å². The SMILES string of the molecule is Cc1nc([C@@H]2CCCCCN2C(=O)Nc2c(C)cccc2C)no1. The van der Waals surface area contributed by atoms with Crippen molar-refractivity contribution in [2.45, 2.75) is 52.5 Å². The molecule has 1 saturated heterocycles. The van der Waals surface area contributed by atoms with Crippen molar-refractivity contribution in [2.24, 2.45) is 0 Å². The number of amides is 2. The molecule has 2 amide bonds. The Morgan fingerprint density at radius 1 is 1.21 bits per heavy atom. The molecule has 1 aliphatic rings. The van der Waals surface area contributed by atoms with Gasteiger partial charge in [-0.3, -0.25) is 0 Å². The lowest BCUT2D eigenvalue weighted by atomic mass is 10.1. The summed E-state index contributed by atoms with van der Waals surface area (Å²) in [6.45, 7) is 6.49. The lowest BCUT2D eigenvalue weighted by Crippen LogP contribution is -2.38. The highest BCUT2D eigenvalue weighted by Crippen LogP contribution is 2.30. The molecule has 0 radical (unpaired) electrons. The van der Waals surface area contributed by atoms with Gasteiger partial charge in [-0.05, 0) is 37.8 Å². The van der Waals surface area contributed by atoms with E-state index in [4.69, 9.17) is 4.52 Å². The van der Waals surface area contributed by atoms with E-state index < -0.39 is 0 Å². The normalized spacial score (nSPS) is 18.3. The largest absolute Gasteiger partial charge is 0.340 e. The standard InChI is InChI=1S/C18H24N4O2/c1-12-8-7-9-13(2)16(12)20-18(23)22-11-6-4-5-10-15(22)17-19-14(3)24-21-17/h7-9,15H,4-6,10-11H2,1-3H3,(H,20,23)/t15-/m0/s1. The van der Waals surface area contributed by atoms with Gasteiger partial charge < -0.3 is 14.7 Å². The number of benzene rings is 1. The van der Waals surface area contributed by atoms with E-state index in [1.54, 1.807) is 6.92 Å². The van der Waals surface area contributed by atoms with E-state index in [0.717, 1.165) is 42.5 Å². The topological polar surface area (TPSA) is 71.3 Å². The van der Waals surface area contributed by atoms with Crippen LogP contribution in [0.1, 0.15) is 54.6 Å². The van der Waals surface area contributed by atoms with Crippen LogP contribution >= 0.6 is 0 Å². The quantitative estimate of drug-likeness (QED) is 0.899. The van der Waals surface area contributed by atoms with Gasteiger partial charge >= 0.3 is 6.03 Å². The highest BCUT2D eigenvalue weighted by atomic mass is 16.5.